The van der Waals surface area contributed by atoms with Gasteiger partial charge in [0.15, 0.2) is 0 Å². The summed E-state index contributed by atoms with van der Waals surface area (Å²) < 4.78 is 0. The Balaban J connectivity index is 1.34. The van der Waals surface area contributed by atoms with Crippen LogP contribution < -0.4 is 4.90 Å². The molecule has 1 atom stereocenters. The first-order chi connectivity index (χ1) is 13.6. The van der Waals surface area contributed by atoms with Gasteiger partial charge in [0.1, 0.15) is 11.9 Å². The van der Waals surface area contributed by atoms with Gasteiger partial charge in [-0.25, -0.2) is 4.98 Å². The van der Waals surface area contributed by atoms with Gasteiger partial charge in [0.2, 0.25) is 11.8 Å². The third-order valence-electron chi connectivity index (χ3n) is 6.76. The van der Waals surface area contributed by atoms with Crippen molar-refractivity contribution in [1.29, 1.82) is 0 Å². The van der Waals surface area contributed by atoms with E-state index in [9.17, 15) is 9.59 Å². The second-order valence-corrected chi connectivity index (χ2v) is 8.40. The Morgan fingerprint density at radius 1 is 1.00 bits per heavy atom. The Bertz CT molecular complexity index is 683. The molecule has 0 N–H and O–H groups in total. The highest BCUT2D eigenvalue weighted by Gasteiger charge is 2.40. The fraction of sp³-hybridized carbons (Fsp3) is 0.714. The maximum atomic E-state index is 13.2. The van der Waals surface area contributed by atoms with E-state index in [1.54, 1.807) is 18.6 Å². The van der Waals surface area contributed by atoms with Crippen molar-refractivity contribution in [2.24, 2.45) is 5.92 Å². The van der Waals surface area contributed by atoms with E-state index in [0.717, 1.165) is 76.8 Å². The summed E-state index contributed by atoms with van der Waals surface area (Å²) >= 11 is 0. The van der Waals surface area contributed by atoms with Crippen molar-refractivity contribution < 1.29 is 9.59 Å². The Labute approximate surface area is 167 Å². The van der Waals surface area contributed by atoms with Crippen molar-refractivity contribution in [1.82, 2.24) is 19.8 Å². The Morgan fingerprint density at radius 2 is 1.75 bits per heavy atom. The summed E-state index contributed by atoms with van der Waals surface area (Å²) in [6, 6.07) is -0.0272. The first-order valence-electron chi connectivity index (χ1n) is 10.7. The number of likely N-dealkylation sites (tertiary alicyclic amines) is 1. The minimum Gasteiger partial charge on any atom is -0.355 e. The van der Waals surface area contributed by atoms with E-state index < -0.39 is 0 Å². The molecule has 0 aromatic carbocycles. The zero-order chi connectivity index (χ0) is 19.5. The SMILES string of the molecule is CN(C(=O)[C@@H]1CCCN1C(=O)C1CCCC1)C1CCN(c2cnccn2)CC1. The van der Waals surface area contributed by atoms with E-state index in [1.807, 2.05) is 16.8 Å². The fourth-order valence-electron chi connectivity index (χ4n) is 5.05. The molecule has 2 saturated heterocycles. The molecule has 152 valence electrons. The molecule has 1 aromatic heterocycles. The van der Waals surface area contributed by atoms with E-state index in [0.29, 0.717) is 0 Å². The molecule has 28 heavy (non-hydrogen) atoms. The number of hydrogen-bond donors (Lipinski definition) is 0. The molecule has 0 radical (unpaired) electrons. The van der Waals surface area contributed by atoms with Gasteiger partial charge in [-0.15, -0.1) is 0 Å². The van der Waals surface area contributed by atoms with Gasteiger partial charge in [-0.1, -0.05) is 12.8 Å². The van der Waals surface area contributed by atoms with Crippen LogP contribution in [0.1, 0.15) is 51.4 Å². The van der Waals surface area contributed by atoms with Crippen molar-refractivity contribution in [2.75, 3.05) is 31.6 Å². The Kier molecular flexibility index (Phi) is 5.78. The predicted molar refractivity (Wildman–Crippen MR) is 107 cm³/mol. The first kappa shape index (κ1) is 19.2. The van der Waals surface area contributed by atoms with Crippen LogP contribution in [0.4, 0.5) is 5.82 Å². The lowest BCUT2D eigenvalue weighted by Crippen LogP contribution is -2.53. The van der Waals surface area contributed by atoms with Crippen molar-refractivity contribution in [3.63, 3.8) is 0 Å². The zero-order valence-electron chi connectivity index (χ0n) is 16.8. The highest BCUT2D eigenvalue weighted by Crippen LogP contribution is 2.31. The highest BCUT2D eigenvalue weighted by molar-refractivity contribution is 5.89. The van der Waals surface area contributed by atoms with E-state index in [-0.39, 0.29) is 29.8 Å². The van der Waals surface area contributed by atoms with Crippen LogP contribution in [-0.2, 0) is 9.59 Å². The van der Waals surface area contributed by atoms with Crippen LogP contribution in [0.3, 0.4) is 0 Å². The molecule has 3 aliphatic rings. The van der Waals surface area contributed by atoms with Gasteiger partial charge in [-0.3, -0.25) is 14.6 Å². The summed E-state index contributed by atoms with van der Waals surface area (Å²) in [5, 5.41) is 0. The number of anilines is 1. The molecular formula is C21H31N5O2. The smallest absolute Gasteiger partial charge is 0.245 e. The lowest BCUT2D eigenvalue weighted by atomic mass is 10.0. The van der Waals surface area contributed by atoms with Crippen LogP contribution >= 0.6 is 0 Å². The molecule has 1 saturated carbocycles. The van der Waals surface area contributed by atoms with Gasteiger partial charge in [-0.2, -0.15) is 0 Å². The Morgan fingerprint density at radius 3 is 2.43 bits per heavy atom. The van der Waals surface area contributed by atoms with Crippen molar-refractivity contribution in [3.05, 3.63) is 18.6 Å². The molecule has 7 heteroatoms. The molecule has 0 spiro atoms. The Hall–Kier alpha value is -2.18. The van der Waals surface area contributed by atoms with Crippen LogP contribution in [0.5, 0.6) is 0 Å². The van der Waals surface area contributed by atoms with Gasteiger partial charge in [0, 0.05) is 51.0 Å². The number of piperidine rings is 1. The lowest BCUT2D eigenvalue weighted by molar-refractivity contribution is -0.146. The van der Waals surface area contributed by atoms with E-state index in [1.165, 1.54) is 0 Å². The average molecular weight is 386 g/mol. The highest BCUT2D eigenvalue weighted by atomic mass is 16.2. The molecule has 0 bridgehead atoms. The molecule has 3 heterocycles. The van der Waals surface area contributed by atoms with Crippen LogP contribution in [0, 0.1) is 5.92 Å². The van der Waals surface area contributed by atoms with Gasteiger partial charge >= 0.3 is 0 Å². The van der Waals surface area contributed by atoms with Gasteiger partial charge in [0.05, 0.1) is 6.20 Å². The number of carbonyl (C=O) groups is 2. The van der Waals surface area contributed by atoms with Gasteiger partial charge in [0.25, 0.3) is 0 Å². The third-order valence-corrected chi connectivity index (χ3v) is 6.76. The number of rotatable bonds is 4. The van der Waals surface area contributed by atoms with Crippen LogP contribution in [0.25, 0.3) is 0 Å². The molecule has 1 aromatic rings. The summed E-state index contributed by atoms with van der Waals surface area (Å²) in [6.45, 7) is 2.48. The number of carbonyl (C=O) groups excluding carboxylic acids is 2. The minimum absolute atomic E-state index is 0.127. The zero-order valence-corrected chi connectivity index (χ0v) is 16.8. The maximum absolute atomic E-state index is 13.2. The average Bonchev–Trinajstić information content (AvgIpc) is 3.45. The predicted octanol–water partition coefficient (Wildman–Crippen LogP) is 2.08. The molecule has 1 aliphatic carbocycles. The number of hydrogen-bond acceptors (Lipinski definition) is 5. The molecule has 4 rings (SSSR count). The van der Waals surface area contributed by atoms with Crippen LogP contribution in [-0.4, -0.2) is 70.3 Å². The van der Waals surface area contributed by atoms with Crippen molar-refractivity contribution >= 4 is 17.6 Å². The largest absolute Gasteiger partial charge is 0.355 e. The van der Waals surface area contributed by atoms with Crippen molar-refractivity contribution in [3.8, 4) is 0 Å². The molecule has 3 fully saturated rings. The second kappa shape index (κ2) is 8.45. The maximum Gasteiger partial charge on any atom is 0.245 e. The summed E-state index contributed by atoms with van der Waals surface area (Å²) in [5.41, 5.74) is 0. The summed E-state index contributed by atoms with van der Waals surface area (Å²) in [7, 11) is 1.92. The van der Waals surface area contributed by atoms with Gasteiger partial charge in [-0.05, 0) is 38.5 Å². The summed E-state index contributed by atoms with van der Waals surface area (Å²) in [4.78, 5) is 40.7. The molecule has 2 aliphatic heterocycles. The minimum atomic E-state index is -0.254. The number of likely N-dealkylation sites (N-methyl/N-ethyl adjacent to an activating group) is 1. The number of amides is 2. The third kappa shape index (κ3) is 3.84. The quantitative estimate of drug-likeness (QED) is 0.794. The lowest BCUT2D eigenvalue weighted by Gasteiger charge is -2.39. The van der Waals surface area contributed by atoms with Crippen molar-refractivity contribution in [2.45, 2.75) is 63.5 Å². The topological polar surface area (TPSA) is 69.6 Å². The summed E-state index contributed by atoms with van der Waals surface area (Å²) in [5.74, 6) is 1.40. The second-order valence-electron chi connectivity index (χ2n) is 8.40. The monoisotopic (exact) mass is 385 g/mol. The molecule has 2 amide bonds. The molecule has 7 nitrogen and oxygen atoms in total. The van der Waals surface area contributed by atoms with Gasteiger partial charge < -0.3 is 14.7 Å². The summed E-state index contributed by atoms with van der Waals surface area (Å²) in [6.07, 6.45) is 13.1. The van der Waals surface area contributed by atoms with E-state index in [4.69, 9.17) is 0 Å². The first-order valence-corrected chi connectivity index (χ1v) is 10.7. The molecular weight excluding hydrogens is 354 g/mol. The number of nitrogens with zero attached hydrogens (tertiary/aromatic N) is 5. The number of aromatic nitrogens is 2. The van der Waals surface area contributed by atoms with E-state index >= 15 is 0 Å². The normalized spacial score (nSPS) is 24.0. The standard InChI is InChI=1S/C21H31N5O2/c1-24(17-8-13-25(14-9-17)19-15-22-10-11-23-19)21(28)18-7-4-12-26(18)20(27)16-5-2-3-6-16/h10-11,15-18H,2-9,12-14H2,1H3/t18-/m0/s1. The van der Waals surface area contributed by atoms with Crippen LogP contribution in [0.15, 0.2) is 18.6 Å². The van der Waals surface area contributed by atoms with Crippen LogP contribution in [0.2, 0.25) is 0 Å². The fourth-order valence-corrected chi connectivity index (χ4v) is 5.05. The molecule has 0 unspecified atom stereocenters. The van der Waals surface area contributed by atoms with E-state index in [2.05, 4.69) is 14.9 Å².